The van der Waals surface area contributed by atoms with Gasteiger partial charge >= 0.3 is 5.97 Å². The Morgan fingerprint density at radius 1 is 1.47 bits per heavy atom. The van der Waals surface area contributed by atoms with Crippen LogP contribution in [0, 0.1) is 0 Å². The molecule has 1 aromatic carbocycles. The van der Waals surface area contributed by atoms with Crippen molar-refractivity contribution in [1.82, 2.24) is 0 Å². The average molecular weight is 258 g/mol. The molecule has 1 aliphatic rings. The molecular weight excluding hydrogens is 248 g/mol. The summed E-state index contributed by atoms with van der Waals surface area (Å²) in [6.45, 7) is -0.342. The van der Waals surface area contributed by atoms with Gasteiger partial charge in [0.05, 0.1) is 12.2 Å². The minimum Gasteiger partial charge on any atom is -0.478 e. The summed E-state index contributed by atoms with van der Waals surface area (Å²) in [6.07, 6.45) is -1.26. The zero-order valence-corrected chi connectivity index (χ0v) is 9.42. The van der Waals surface area contributed by atoms with Crippen LogP contribution >= 0.6 is 0 Å². The van der Waals surface area contributed by atoms with Crippen LogP contribution in [0.5, 0.6) is 5.75 Å². The Balaban J connectivity index is 2.50. The molecule has 1 unspecified atom stereocenters. The van der Waals surface area contributed by atoms with E-state index in [2.05, 4.69) is 0 Å². The molecule has 92 valence electrons. The number of nitrogens with zero attached hydrogens (tertiary/aromatic N) is 1. The van der Waals surface area contributed by atoms with Crippen LogP contribution in [0.2, 0.25) is 0 Å². The Kier molecular flexibility index (Phi) is 2.68. The SMILES string of the molecule is NS(=O)(=O)N1CC(C(=O)O)Oc2ccccc21. The van der Waals surface area contributed by atoms with Crippen molar-refractivity contribution in [3.63, 3.8) is 0 Å². The standard InChI is InChI=1S/C9H10N2O5S/c10-17(14,15)11-5-8(9(12)13)16-7-4-2-1-3-6(7)11/h1-4,8H,5H2,(H,12,13)(H2,10,14,15). The predicted octanol–water partition coefficient (Wildman–Crippen LogP) is -0.458. The molecule has 17 heavy (non-hydrogen) atoms. The molecule has 2 rings (SSSR count). The summed E-state index contributed by atoms with van der Waals surface area (Å²) in [7, 11) is -4.02. The highest BCUT2D eigenvalue weighted by molar-refractivity contribution is 7.90. The maximum atomic E-state index is 11.4. The van der Waals surface area contributed by atoms with E-state index >= 15 is 0 Å². The molecule has 0 saturated carbocycles. The number of ether oxygens (including phenoxy) is 1. The number of hydrogen-bond donors (Lipinski definition) is 2. The van der Waals surface area contributed by atoms with Crippen LogP contribution in [0.4, 0.5) is 5.69 Å². The molecule has 1 aromatic rings. The molecule has 0 aromatic heterocycles. The van der Waals surface area contributed by atoms with Crippen LogP contribution in [0.15, 0.2) is 24.3 Å². The van der Waals surface area contributed by atoms with Gasteiger partial charge in [0.15, 0.2) is 0 Å². The lowest BCUT2D eigenvalue weighted by atomic mass is 10.2. The van der Waals surface area contributed by atoms with E-state index in [-0.39, 0.29) is 18.0 Å². The monoisotopic (exact) mass is 258 g/mol. The first-order valence-corrected chi connectivity index (χ1v) is 6.19. The number of hydrogen-bond acceptors (Lipinski definition) is 4. The second-order valence-corrected chi connectivity index (χ2v) is 4.96. The first-order chi connectivity index (χ1) is 7.89. The van der Waals surface area contributed by atoms with E-state index < -0.39 is 22.3 Å². The lowest BCUT2D eigenvalue weighted by molar-refractivity contribution is -0.144. The van der Waals surface area contributed by atoms with Gasteiger partial charge in [-0.2, -0.15) is 8.42 Å². The Morgan fingerprint density at radius 3 is 2.71 bits per heavy atom. The topological polar surface area (TPSA) is 110 Å². The van der Waals surface area contributed by atoms with Crippen LogP contribution in [0.3, 0.4) is 0 Å². The minimum atomic E-state index is -4.02. The van der Waals surface area contributed by atoms with Crippen molar-refractivity contribution in [1.29, 1.82) is 0 Å². The number of para-hydroxylation sites is 2. The van der Waals surface area contributed by atoms with Crippen molar-refractivity contribution in [2.45, 2.75) is 6.10 Å². The van der Waals surface area contributed by atoms with Crippen molar-refractivity contribution < 1.29 is 23.1 Å². The number of nitrogens with two attached hydrogens (primary N) is 1. The molecule has 0 aliphatic carbocycles. The number of fused-ring (bicyclic) bond motifs is 1. The summed E-state index contributed by atoms with van der Waals surface area (Å²) >= 11 is 0. The van der Waals surface area contributed by atoms with Gasteiger partial charge in [0, 0.05) is 0 Å². The molecule has 0 spiro atoms. The van der Waals surface area contributed by atoms with Gasteiger partial charge < -0.3 is 9.84 Å². The molecule has 0 bridgehead atoms. The Bertz CT molecular complexity index is 556. The van der Waals surface area contributed by atoms with Gasteiger partial charge in [-0.3, -0.25) is 0 Å². The quantitative estimate of drug-likeness (QED) is 0.746. The number of carboxylic acids is 1. The van der Waals surface area contributed by atoms with Gasteiger partial charge in [-0.1, -0.05) is 12.1 Å². The van der Waals surface area contributed by atoms with Gasteiger partial charge in [-0.15, -0.1) is 0 Å². The summed E-state index contributed by atoms with van der Waals surface area (Å²) in [6, 6.07) is 6.21. The molecule has 3 N–H and O–H groups in total. The third kappa shape index (κ3) is 2.17. The van der Waals surface area contributed by atoms with Gasteiger partial charge in [0.2, 0.25) is 6.10 Å². The second-order valence-electron chi connectivity index (χ2n) is 3.49. The second kappa shape index (κ2) is 3.90. The van der Waals surface area contributed by atoms with Crippen LogP contribution in [0.1, 0.15) is 0 Å². The lowest BCUT2D eigenvalue weighted by Gasteiger charge is -2.32. The first-order valence-electron chi connectivity index (χ1n) is 4.68. The summed E-state index contributed by atoms with van der Waals surface area (Å²) in [5.74, 6) is -1.06. The molecule has 0 saturated heterocycles. The van der Waals surface area contributed by atoms with E-state index in [4.69, 9.17) is 15.0 Å². The van der Waals surface area contributed by atoms with Crippen LogP contribution in [0.25, 0.3) is 0 Å². The number of carbonyl (C=O) groups is 1. The molecular formula is C9H10N2O5S. The highest BCUT2D eigenvalue weighted by Crippen LogP contribution is 2.33. The van der Waals surface area contributed by atoms with E-state index in [1.54, 1.807) is 12.1 Å². The van der Waals surface area contributed by atoms with Crippen LogP contribution in [-0.2, 0) is 15.0 Å². The van der Waals surface area contributed by atoms with Gasteiger partial charge in [-0.05, 0) is 12.1 Å². The zero-order valence-electron chi connectivity index (χ0n) is 8.61. The fraction of sp³-hybridized carbons (Fsp3) is 0.222. The molecule has 1 heterocycles. The molecule has 0 radical (unpaired) electrons. The Labute approximate surface area is 97.6 Å². The third-order valence-corrected chi connectivity index (χ3v) is 3.28. The maximum Gasteiger partial charge on any atom is 0.346 e. The Morgan fingerprint density at radius 2 is 2.12 bits per heavy atom. The number of carboxylic acid groups (broad SMARTS) is 1. The number of aliphatic carboxylic acids is 1. The lowest BCUT2D eigenvalue weighted by Crippen LogP contribution is -2.49. The van der Waals surface area contributed by atoms with E-state index in [1.807, 2.05) is 0 Å². The van der Waals surface area contributed by atoms with Gasteiger partial charge in [0.1, 0.15) is 5.75 Å². The summed E-state index contributed by atoms with van der Waals surface area (Å²) < 4.78 is 28.7. The number of benzene rings is 1. The van der Waals surface area contributed by atoms with Gasteiger partial charge in [0.25, 0.3) is 10.2 Å². The van der Waals surface area contributed by atoms with Crippen molar-refractivity contribution in [3.05, 3.63) is 24.3 Å². The molecule has 8 heteroatoms. The normalized spacial score (nSPS) is 19.4. The highest BCUT2D eigenvalue weighted by atomic mass is 32.2. The van der Waals surface area contributed by atoms with E-state index in [9.17, 15) is 13.2 Å². The molecule has 0 fully saturated rings. The van der Waals surface area contributed by atoms with Crippen molar-refractivity contribution in [2.75, 3.05) is 10.8 Å². The number of rotatable bonds is 2. The number of anilines is 1. The first kappa shape index (κ1) is 11.7. The van der Waals surface area contributed by atoms with Crippen molar-refractivity contribution in [2.24, 2.45) is 5.14 Å². The Hall–Kier alpha value is -1.80. The minimum absolute atomic E-state index is 0.181. The third-order valence-electron chi connectivity index (χ3n) is 2.32. The molecule has 7 nitrogen and oxygen atoms in total. The predicted molar refractivity (Wildman–Crippen MR) is 58.9 cm³/mol. The van der Waals surface area contributed by atoms with E-state index in [0.717, 1.165) is 4.31 Å². The largest absolute Gasteiger partial charge is 0.478 e. The smallest absolute Gasteiger partial charge is 0.346 e. The highest BCUT2D eigenvalue weighted by Gasteiger charge is 2.34. The average Bonchev–Trinajstić information content (AvgIpc) is 2.26. The molecule has 0 amide bonds. The summed E-state index contributed by atoms with van der Waals surface area (Å²) in [4.78, 5) is 10.8. The van der Waals surface area contributed by atoms with Crippen molar-refractivity contribution in [3.8, 4) is 5.75 Å². The molecule has 1 atom stereocenters. The summed E-state index contributed by atoms with van der Waals surface area (Å²) in [5.41, 5.74) is 0.243. The molecule has 1 aliphatic heterocycles. The van der Waals surface area contributed by atoms with Gasteiger partial charge in [-0.25, -0.2) is 14.2 Å². The van der Waals surface area contributed by atoms with Crippen LogP contribution in [-0.4, -0.2) is 32.1 Å². The maximum absolute atomic E-state index is 11.4. The fourth-order valence-corrected chi connectivity index (χ4v) is 2.34. The van der Waals surface area contributed by atoms with Crippen molar-refractivity contribution >= 4 is 21.9 Å². The van der Waals surface area contributed by atoms with Crippen LogP contribution < -0.4 is 14.2 Å². The zero-order chi connectivity index (χ0) is 12.6. The van der Waals surface area contributed by atoms with E-state index in [0.29, 0.717) is 0 Å². The van der Waals surface area contributed by atoms with E-state index in [1.165, 1.54) is 12.1 Å². The summed E-state index contributed by atoms with van der Waals surface area (Å²) in [5, 5.41) is 13.9. The fourth-order valence-electron chi connectivity index (χ4n) is 1.57.